The van der Waals surface area contributed by atoms with Gasteiger partial charge in [-0.05, 0) is 49.8 Å². The van der Waals surface area contributed by atoms with Gasteiger partial charge in [0.25, 0.3) is 0 Å². The van der Waals surface area contributed by atoms with Gasteiger partial charge in [0.2, 0.25) is 0 Å². The van der Waals surface area contributed by atoms with Gasteiger partial charge in [-0.15, -0.1) is 0 Å². The van der Waals surface area contributed by atoms with Crippen molar-refractivity contribution in [3.63, 3.8) is 0 Å². The van der Waals surface area contributed by atoms with E-state index in [1.807, 2.05) is 0 Å². The summed E-state index contributed by atoms with van der Waals surface area (Å²) in [4.78, 5) is 15.1. The third kappa shape index (κ3) is 5.47. The Bertz CT molecular complexity index is 793. The molecule has 6 nitrogen and oxygen atoms in total. The van der Waals surface area contributed by atoms with E-state index in [0.29, 0.717) is 18.0 Å². The molecule has 1 saturated carbocycles. The number of carbonyl (C=O) groups excluding carboxylic acids is 1. The molecule has 0 bridgehead atoms. The first-order valence-electron chi connectivity index (χ1n) is 10.3. The number of benzene rings is 1. The first kappa shape index (κ1) is 21.1. The van der Waals surface area contributed by atoms with Gasteiger partial charge < -0.3 is 11.1 Å². The van der Waals surface area contributed by atoms with Crippen molar-refractivity contribution in [3.05, 3.63) is 18.2 Å². The number of piperidine rings is 1. The van der Waals surface area contributed by atoms with Crippen molar-refractivity contribution in [2.24, 2.45) is 11.8 Å². The standard InChI is InChI=1S/C21H33N3O3S/c1-15-3-5-16(6-4-15)21(25)14-24-11-9-17(10-12-24)23-20-8-7-18(13-19(20)22)28(2,26)27/h7-8,13,15-17,23H,3-6,9-12,14,22H2,1-2H3. The van der Waals surface area contributed by atoms with Gasteiger partial charge in [-0.2, -0.15) is 0 Å². The fourth-order valence-corrected chi connectivity index (χ4v) is 4.95. The van der Waals surface area contributed by atoms with Crippen LogP contribution in [0.2, 0.25) is 0 Å². The van der Waals surface area contributed by atoms with Crippen LogP contribution in [0.1, 0.15) is 45.4 Å². The zero-order valence-electron chi connectivity index (χ0n) is 17.0. The first-order chi connectivity index (χ1) is 13.2. The largest absolute Gasteiger partial charge is 0.397 e. The molecule has 2 aliphatic rings. The van der Waals surface area contributed by atoms with Crippen LogP contribution in [-0.2, 0) is 14.6 Å². The molecule has 0 unspecified atom stereocenters. The summed E-state index contributed by atoms with van der Waals surface area (Å²) in [6, 6.07) is 5.13. The number of rotatable bonds is 6. The second-order valence-electron chi connectivity index (χ2n) is 8.64. The molecule has 0 aromatic heterocycles. The third-order valence-electron chi connectivity index (χ3n) is 6.25. The number of nitrogens with two attached hydrogens (primary N) is 1. The van der Waals surface area contributed by atoms with Crippen LogP contribution >= 0.6 is 0 Å². The highest BCUT2D eigenvalue weighted by molar-refractivity contribution is 7.90. The number of nitrogens with zero attached hydrogens (tertiary/aromatic N) is 1. The summed E-state index contributed by atoms with van der Waals surface area (Å²) >= 11 is 0. The summed E-state index contributed by atoms with van der Waals surface area (Å²) in [5.41, 5.74) is 7.27. The maximum atomic E-state index is 12.6. The van der Waals surface area contributed by atoms with E-state index in [9.17, 15) is 13.2 Å². The number of hydrogen-bond donors (Lipinski definition) is 2. The maximum absolute atomic E-state index is 12.6. The van der Waals surface area contributed by atoms with Gasteiger partial charge in [-0.3, -0.25) is 9.69 Å². The van der Waals surface area contributed by atoms with E-state index in [1.54, 1.807) is 12.1 Å². The first-order valence-corrected chi connectivity index (χ1v) is 12.2. The summed E-state index contributed by atoms with van der Waals surface area (Å²) in [5, 5.41) is 3.44. The number of sulfone groups is 1. The molecule has 0 spiro atoms. The topological polar surface area (TPSA) is 92.5 Å². The number of ketones is 1. The maximum Gasteiger partial charge on any atom is 0.175 e. The average molecular weight is 408 g/mol. The quantitative estimate of drug-likeness (QED) is 0.705. The third-order valence-corrected chi connectivity index (χ3v) is 7.36. The number of hydrogen-bond acceptors (Lipinski definition) is 6. The van der Waals surface area contributed by atoms with E-state index in [-0.39, 0.29) is 16.9 Å². The summed E-state index contributed by atoms with van der Waals surface area (Å²) < 4.78 is 23.3. The normalized spacial score (nSPS) is 24.8. The number of carbonyl (C=O) groups is 1. The van der Waals surface area contributed by atoms with Crippen LogP contribution < -0.4 is 11.1 Å². The van der Waals surface area contributed by atoms with Gasteiger partial charge in [-0.1, -0.05) is 19.8 Å². The lowest BCUT2D eigenvalue weighted by atomic mass is 9.81. The Morgan fingerprint density at radius 2 is 1.79 bits per heavy atom. The van der Waals surface area contributed by atoms with Crippen LogP contribution in [0.5, 0.6) is 0 Å². The molecule has 0 amide bonds. The van der Waals surface area contributed by atoms with Gasteiger partial charge in [0.1, 0.15) is 5.78 Å². The highest BCUT2D eigenvalue weighted by Gasteiger charge is 2.27. The minimum Gasteiger partial charge on any atom is -0.397 e. The number of Topliss-reactive ketones (excluding diaryl/α,β-unsaturated/α-hetero) is 1. The Morgan fingerprint density at radius 3 is 2.36 bits per heavy atom. The Hall–Kier alpha value is -1.60. The molecule has 156 valence electrons. The summed E-state index contributed by atoms with van der Waals surface area (Å²) in [7, 11) is -3.25. The number of likely N-dealkylation sites (tertiary alicyclic amines) is 1. The molecule has 3 N–H and O–H groups in total. The van der Waals surface area contributed by atoms with Crippen molar-refractivity contribution in [3.8, 4) is 0 Å². The highest BCUT2D eigenvalue weighted by atomic mass is 32.2. The average Bonchev–Trinajstić information content (AvgIpc) is 2.64. The van der Waals surface area contributed by atoms with Crippen LogP contribution in [0.3, 0.4) is 0 Å². The second-order valence-corrected chi connectivity index (χ2v) is 10.7. The van der Waals surface area contributed by atoms with Crippen molar-refractivity contribution >= 4 is 27.0 Å². The predicted octanol–water partition coefficient (Wildman–Crippen LogP) is 2.94. The predicted molar refractivity (Wildman–Crippen MR) is 113 cm³/mol. The van der Waals surface area contributed by atoms with Gasteiger partial charge >= 0.3 is 0 Å². The van der Waals surface area contributed by atoms with Crippen LogP contribution in [0.15, 0.2) is 23.1 Å². The molecular formula is C21H33N3O3S. The van der Waals surface area contributed by atoms with E-state index in [1.165, 1.54) is 25.2 Å². The Morgan fingerprint density at radius 1 is 1.14 bits per heavy atom. The van der Waals surface area contributed by atoms with Gasteiger partial charge in [0, 0.05) is 31.3 Å². The number of nitrogen functional groups attached to an aromatic ring is 1. The summed E-state index contributed by atoms with van der Waals surface area (Å²) in [6.07, 6.45) is 7.55. The van der Waals surface area contributed by atoms with E-state index in [0.717, 1.165) is 50.4 Å². The minimum absolute atomic E-state index is 0.237. The van der Waals surface area contributed by atoms with E-state index >= 15 is 0 Å². The van der Waals surface area contributed by atoms with E-state index < -0.39 is 9.84 Å². The van der Waals surface area contributed by atoms with Crippen molar-refractivity contribution in [2.75, 3.05) is 36.9 Å². The van der Waals surface area contributed by atoms with Crippen molar-refractivity contribution < 1.29 is 13.2 Å². The zero-order valence-corrected chi connectivity index (χ0v) is 17.8. The Labute approximate surface area is 168 Å². The minimum atomic E-state index is -3.25. The highest BCUT2D eigenvalue weighted by Crippen LogP contribution is 2.29. The molecule has 0 radical (unpaired) electrons. The molecule has 1 aliphatic carbocycles. The van der Waals surface area contributed by atoms with Gasteiger partial charge in [0.05, 0.1) is 22.8 Å². The van der Waals surface area contributed by atoms with Crippen LogP contribution in [0.25, 0.3) is 0 Å². The van der Waals surface area contributed by atoms with Crippen molar-refractivity contribution in [2.45, 2.75) is 56.4 Å². The Kier molecular flexibility index (Phi) is 6.65. The molecule has 1 aromatic carbocycles. The Balaban J connectivity index is 1.47. The molecule has 7 heteroatoms. The molecule has 1 heterocycles. The number of anilines is 2. The van der Waals surface area contributed by atoms with Gasteiger partial charge in [0.15, 0.2) is 9.84 Å². The SMILES string of the molecule is CC1CCC(C(=O)CN2CCC(Nc3ccc(S(C)(=O)=O)cc3N)CC2)CC1. The molecule has 3 rings (SSSR count). The molecule has 1 aromatic rings. The molecule has 0 atom stereocenters. The molecule has 28 heavy (non-hydrogen) atoms. The number of nitrogens with one attached hydrogen (secondary N) is 1. The summed E-state index contributed by atoms with van der Waals surface area (Å²) in [5.74, 6) is 1.45. The molecule has 1 saturated heterocycles. The monoisotopic (exact) mass is 407 g/mol. The molecular weight excluding hydrogens is 374 g/mol. The van der Waals surface area contributed by atoms with E-state index in [4.69, 9.17) is 5.73 Å². The lowest BCUT2D eigenvalue weighted by Gasteiger charge is -2.34. The molecule has 2 fully saturated rings. The van der Waals surface area contributed by atoms with Gasteiger partial charge in [-0.25, -0.2) is 8.42 Å². The van der Waals surface area contributed by atoms with E-state index in [2.05, 4.69) is 17.1 Å². The summed E-state index contributed by atoms with van der Waals surface area (Å²) in [6.45, 7) is 4.65. The lowest BCUT2D eigenvalue weighted by molar-refractivity contribution is -0.125. The fourth-order valence-electron chi connectivity index (χ4n) is 4.29. The van der Waals surface area contributed by atoms with Crippen molar-refractivity contribution in [1.29, 1.82) is 0 Å². The fraction of sp³-hybridized carbons (Fsp3) is 0.667. The van der Waals surface area contributed by atoms with Crippen LogP contribution in [0.4, 0.5) is 11.4 Å². The zero-order chi connectivity index (χ0) is 20.3. The van der Waals surface area contributed by atoms with Crippen molar-refractivity contribution in [1.82, 2.24) is 4.90 Å². The molecule has 1 aliphatic heterocycles. The van der Waals surface area contributed by atoms with Crippen LogP contribution in [0, 0.1) is 11.8 Å². The lowest BCUT2D eigenvalue weighted by Crippen LogP contribution is -2.43. The smallest absolute Gasteiger partial charge is 0.175 e. The second kappa shape index (κ2) is 8.82. The van der Waals surface area contributed by atoms with Crippen LogP contribution in [-0.4, -0.2) is 51.0 Å².